The van der Waals surface area contributed by atoms with Crippen LogP contribution in [-0.4, -0.2) is 41.7 Å². The summed E-state index contributed by atoms with van der Waals surface area (Å²) in [4.78, 5) is 2.59. The fraction of sp³-hybridized carbons (Fsp3) is 0.667. The monoisotopic (exact) mass is 290 g/mol. The Morgan fingerprint density at radius 2 is 1.71 bits per heavy atom. The Labute approximate surface area is 129 Å². The van der Waals surface area contributed by atoms with Crippen molar-refractivity contribution in [3.8, 4) is 5.75 Å². The van der Waals surface area contributed by atoms with Crippen LogP contribution in [0.4, 0.5) is 0 Å². The SMILES string of the molecule is CC(CCc1ccc(O)cc1)NC(C)CN1CCCCC1. The van der Waals surface area contributed by atoms with Gasteiger partial charge in [-0.25, -0.2) is 0 Å². The molecule has 1 heterocycles. The summed E-state index contributed by atoms with van der Waals surface area (Å²) in [5.74, 6) is 0.347. The highest BCUT2D eigenvalue weighted by atomic mass is 16.3. The second-order valence-electron chi connectivity index (χ2n) is 6.54. The van der Waals surface area contributed by atoms with Crippen LogP contribution in [0.2, 0.25) is 0 Å². The molecule has 0 aromatic heterocycles. The Balaban J connectivity index is 1.65. The van der Waals surface area contributed by atoms with Crippen molar-refractivity contribution in [1.29, 1.82) is 0 Å². The van der Waals surface area contributed by atoms with Crippen molar-refractivity contribution in [2.45, 2.75) is 58.0 Å². The fourth-order valence-corrected chi connectivity index (χ4v) is 3.20. The van der Waals surface area contributed by atoms with Crippen molar-refractivity contribution in [3.63, 3.8) is 0 Å². The van der Waals surface area contributed by atoms with Crippen LogP contribution in [0.5, 0.6) is 5.75 Å². The first-order valence-corrected chi connectivity index (χ1v) is 8.40. The zero-order valence-corrected chi connectivity index (χ0v) is 13.5. The molecule has 0 radical (unpaired) electrons. The largest absolute Gasteiger partial charge is 0.508 e. The van der Waals surface area contributed by atoms with Gasteiger partial charge in [0, 0.05) is 18.6 Å². The number of hydrogen-bond acceptors (Lipinski definition) is 3. The van der Waals surface area contributed by atoms with E-state index in [0.717, 1.165) is 12.8 Å². The van der Waals surface area contributed by atoms with Gasteiger partial charge in [-0.1, -0.05) is 18.6 Å². The Morgan fingerprint density at radius 1 is 1.05 bits per heavy atom. The number of piperidine rings is 1. The van der Waals surface area contributed by atoms with Gasteiger partial charge in [-0.05, 0) is 70.3 Å². The van der Waals surface area contributed by atoms with Gasteiger partial charge < -0.3 is 15.3 Å². The minimum absolute atomic E-state index is 0.347. The Hall–Kier alpha value is -1.06. The van der Waals surface area contributed by atoms with Crippen molar-refractivity contribution in [3.05, 3.63) is 29.8 Å². The number of phenols is 1. The molecule has 2 N–H and O–H groups in total. The van der Waals surface area contributed by atoms with Crippen LogP contribution >= 0.6 is 0 Å². The van der Waals surface area contributed by atoms with E-state index in [9.17, 15) is 5.11 Å². The molecule has 0 aliphatic carbocycles. The zero-order chi connectivity index (χ0) is 15.1. The molecular weight excluding hydrogens is 260 g/mol. The summed E-state index contributed by atoms with van der Waals surface area (Å²) < 4.78 is 0. The van der Waals surface area contributed by atoms with Crippen molar-refractivity contribution in [1.82, 2.24) is 10.2 Å². The third-order valence-electron chi connectivity index (χ3n) is 4.35. The summed E-state index contributed by atoms with van der Waals surface area (Å²) in [5, 5.41) is 13.0. The van der Waals surface area contributed by atoms with Crippen LogP contribution in [-0.2, 0) is 6.42 Å². The first kappa shape index (κ1) is 16.3. The van der Waals surface area contributed by atoms with Crippen LogP contribution in [0.25, 0.3) is 0 Å². The van der Waals surface area contributed by atoms with E-state index in [1.54, 1.807) is 12.1 Å². The molecule has 0 bridgehead atoms. The number of nitrogens with zero attached hydrogens (tertiary/aromatic N) is 1. The summed E-state index contributed by atoms with van der Waals surface area (Å²) in [6, 6.07) is 8.65. The number of phenolic OH excluding ortho intramolecular Hbond substituents is 1. The molecule has 3 heteroatoms. The minimum atomic E-state index is 0.347. The highest BCUT2D eigenvalue weighted by molar-refractivity contribution is 5.25. The van der Waals surface area contributed by atoms with Gasteiger partial charge in [0.15, 0.2) is 0 Å². The average molecular weight is 290 g/mol. The maximum Gasteiger partial charge on any atom is 0.115 e. The molecule has 3 nitrogen and oxygen atoms in total. The van der Waals surface area contributed by atoms with E-state index in [1.165, 1.54) is 44.5 Å². The topological polar surface area (TPSA) is 35.5 Å². The predicted molar refractivity (Wildman–Crippen MR) is 88.8 cm³/mol. The second-order valence-corrected chi connectivity index (χ2v) is 6.54. The van der Waals surface area contributed by atoms with Crippen LogP contribution in [0, 0.1) is 0 Å². The molecule has 1 aromatic rings. The molecule has 1 saturated heterocycles. The number of benzene rings is 1. The quantitative estimate of drug-likeness (QED) is 0.809. The third-order valence-corrected chi connectivity index (χ3v) is 4.35. The zero-order valence-electron chi connectivity index (χ0n) is 13.5. The third kappa shape index (κ3) is 6.06. The van der Waals surface area contributed by atoms with Gasteiger partial charge in [0.05, 0.1) is 0 Å². The maximum atomic E-state index is 9.29. The summed E-state index contributed by atoms with van der Waals surface area (Å²) in [6.07, 6.45) is 6.33. The highest BCUT2D eigenvalue weighted by Crippen LogP contribution is 2.12. The van der Waals surface area contributed by atoms with E-state index in [4.69, 9.17) is 0 Å². The number of hydrogen-bond donors (Lipinski definition) is 2. The van der Waals surface area contributed by atoms with E-state index >= 15 is 0 Å². The highest BCUT2D eigenvalue weighted by Gasteiger charge is 2.14. The van der Waals surface area contributed by atoms with Crippen molar-refractivity contribution < 1.29 is 5.11 Å². The number of aromatic hydroxyl groups is 1. The van der Waals surface area contributed by atoms with Gasteiger partial charge in [-0.3, -0.25) is 0 Å². The van der Waals surface area contributed by atoms with E-state index in [1.807, 2.05) is 12.1 Å². The molecule has 1 fully saturated rings. The van der Waals surface area contributed by atoms with Crippen molar-refractivity contribution in [2.24, 2.45) is 0 Å². The van der Waals surface area contributed by atoms with Crippen LogP contribution < -0.4 is 5.32 Å². The van der Waals surface area contributed by atoms with E-state index in [0.29, 0.717) is 17.8 Å². The predicted octanol–water partition coefficient (Wildman–Crippen LogP) is 3.18. The van der Waals surface area contributed by atoms with Gasteiger partial charge >= 0.3 is 0 Å². The van der Waals surface area contributed by atoms with Gasteiger partial charge in [0.2, 0.25) is 0 Å². The number of rotatable bonds is 7. The first-order valence-electron chi connectivity index (χ1n) is 8.40. The second kappa shape index (κ2) is 8.40. The molecule has 2 atom stereocenters. The molecule has 2 unspecified atom stereocenters. The molecule has 118 valence electrons. The Bertz CT molecular complexity index is 398. The molecule has 2 rings (SSSR count). The maximum absolute atomic E-state index is 9.29. The van der Waals surface area contributed by atoms with Crippen molar-refractivity contribution in [2.75, 3.05) is 19.6 Å². The smallest absolute Gasteiger partial charge is 0.115 e. The van der Waals surface area contributed by atoms with Crippen LogP contribution in [0.3, 0.4) is 0 Å². The lowest BCUT2D eigenvalue weighted by molar-refractivity contribution is 0.204. The number of likely N-dealkylation sites (tertiary alicyclic amines) is 1. The molecule has 1 aliphatic heterocycles. The van der Waals surface area contributed by atoms with Crippen LogP contribution in [0.1, 0.15) is 45.1 Å². The van der Waals surface area contributed by atoms with Gasteiger partial charge in [-0.15, -0.1) is 0 Å². The van der Waals surface area contributed by atoms with Gasteiger partial charge in [-0.2, -0.15) is 0 Å². The van der Waals surface area contributed by atoms with E-state index in [2.05, 4.69) is 24.1 Å². The summed E-state index contributed by atoms with van der Waals surface area (Å²) in [5.41, 5.74) is 1.30. The lowest BCUT2D eigenvalue weighted by Crippen LogP contribution is -2.44. The van der Waals surface area contributed by atoms with Crippen molar-refractivity contribution >= 4 is 0 Å². The molecule has 0 spiro atoms. The Morgan fingerprint density at radius 3 is 2.38 bits per heavy atom. The summed E-state index contributed by atoms with van der Waals surface area (Å²) in [7, 11) is 0. The molecule has 1 aliphatic rings. The lowest BCUT2D eigenvalue weighted by Gasteiger charge is -2.30. The summed E-state index contributed by atoms with van der Waals surface area (Å²) >= 11 is 0. The van der Waals surface area contributed by atoms with Crippen LogP contribution in [0.15, 0.2) is 24.3 Å². The van der Waals surface area contributed by atoms with Gasteiger partial charge in [0.25, 0.3) is 0 Å². The molecule has 1 aromatic carbocycles. The number of nitrogens with one attached hydrogen (secondary N) is 1. The average Bonchev–Trinajstić information content (AvgIpc) is 2.47. The Kier molecular flexibility index (Phi) is 6.52. The molecular formula is C18H30N2O. The normalized spacial score (nSPS) is 19.3. The lowest BCUT2D eigenvalue weighted by atomic mass is 10.1. The number of aryl methyl sites for hydroxylation is 1. The fourth-order valence-electron chi connectivity index (χ4n) is 3.20. The minimum Gasteiger partial charge on any atom is -0.508 e. The molecule has 0 saturated carbocycles. The summed E-state index contributed by atoms with van der Waals surface area (Å²) in [6.45, 7) is 8.28. The van der Waals surface area contributed by atoms with Gasteiger partial charge in [0.1, 0.15) is 5.75 Å². The van der Waals surface area contributed by atoms with E-state index in [-0.39, 0.29) is 0 Å². The first-order chi connectivity index (χ1) is 10.1. The molecule has 21 heavy (non-hydrogen) atoms. The molecule has 0 amide bonds. The van der Waals surface area contributed by atoms with E-state index < -0.39 is 0 Å². The standard InChI is InChI=1S/C18H30N2O/c1-15(6-7-17-8-10-18(21)11-9-17)19-16(2)14-20-12-4-3-5-13-20/h8-11,15-16,19,21H,3-7,12-14H2,1-2H3.